The lowest BCUT2D eigenvalue weighted by Crippen LogP contribution is -2.58. The van der Waals surface area contributed by atoms with Gasteiger partial charge in [0.2, 0.25) is 0 Å². The standard InChI is InChI=1S/C50H66O9/c1-46(2)39-19-22-48(5)28-30-11-15-38-47(3,4)42(21-23-49(38,6)33(30)14-16-40(48)50(39,7)24-20-41(46)56-8)59-44(55)18-17-43(54)57-32-25-34(52)45-35(53)27-36(58-37(45)26-32)29-9-12-31(51)13-10-29/h9-13,25-26,33,36,38-42,51-52H,14-24,27-28H2,1-8H3/t33-,36-,38-,39-,40-,41-,42+,48-,49+,50-/m0/s1. The van der Waals surface area contributed by atoms with Crippen molar-refractivity contribution >= 4 is 17.7 Å². The summed E-state index contributed by atoms with van der Waals surface area (Å²) >= 11 is 0. The van der Waals surface area contributed by atoms with Crippen molar-refractivity contribution in [3.8, 4) is 23.0 Å². The third-order valence-corrected chi connectivity index (χ3v) is 17.4. The number of esters is 2. The van der Waals surface area contributed by atoms with Crippen molar-refractivity contribution in [2.75, 3.05) is 7.11 Å². The van der Waals surface area contributed by atoms with E-state index in [1.165, 1.54) is 62.8 Å². The van der Waals surface area contributed by atoms with Gasteiger partial charge in [0.25, 0.3) is 0 Å². The van der Waals surface area contributed by atoms with Crippen LogP contribution in [0.1, 0.15) is 154 Å². The second-order valence-electron chi connectivity index (χ2n) is 21.2. The molecule has 6 aliphatic rings. The molecule has 0 spiro atoms. The highest BCUT2D eigenvalue weighted by Crippen LogP contribution is 2.70. The van der Waals surface area contributed by atoms with E-state index >= 15 is 0 Å². The Morgan fingerprint density at radius 2 is 1.46 bits per heavy atom. The first-order valence-corrected chi connectivity index (χ1v) is 22.3. The van der Waals surface area contributed by atoms with Gasteiger partial charge in [0, 0.05) is 24.7 Å². The summed E-state index contributed by atoms with van der Waals surface area (Å²) in [6.07, 6.45) is 13.2. The zero-order chi connectivity index (χ0) is 42.3. The molecule has 0 bridgehead atoms. The number of carbonyl (C=O) groups excluding carboxylic acids is 3. The second-order valence-corrected chi connectivity index (χ2v) is 21.2. The summed E-state index contributed by atoms with van der Waals surface area (Å²) in [7, 11) is 1.90. The summed E-state index contributed by atoms with van der Waals surface area (Å²) in [5, 5.41) is 20.3. The second kappa shape index (κ2) is 15.0. The molecule has 10 atom stereocenters. The molecule has 2 aromatic carbocycles. The van der Waals surface area contributed by atoms with Crippen LogP contribution < -0.4 is 9.47 Å². The number of methoxy groups -OCH3 is 1. The predicted molar refractivity (Wildman–Crippen MR) is 224 cm³/mol. The first kappa shape index (κ1) is 41.9. The molecule has 9 nitrogen and oxygen atoms in total. The molecule has 1 heterocycles. The van der Waals surface area contributed by atoms with Gasteiger partial charge >= 0.3 is 11.9 Å². The van der Waals surface area contributed by atoms with Gasteiger partial charge < -0.3 is 29.2 Å². The molecule has 0 radical (unpaired) electrons. The van der Waals surface area contributed by atoms with Crippen molar-refractivity contribution < 1.29 is 43.5 Å². The first-order valence-electron chi connectivity index (χ1n) is 22.3. The Bertz CT molecular complexity index is 2010. The van der Waals surface area contributed by atoms with E-state index in [2.05, 4.69) is 54.5 Å². The average Bonchev–Trinajstić information content (AvgIpc) is 3.32. The molecule has 0 unspecified atom stereocenters. The summed E-state index contributed by atoms with van der Waals surface area (Å²) in [6, 6.07) is 8.99. The van der Waals surface area contributed by atoms with Crippen LogP contribution in [0.4, 0.5) is 0 Å². The fraction of sp³-hybridized carbons (Fsp3) is 0.660. The molecule has 8 rings (SSSR count). The molecule has 1 aliphatic heterocycles. The van der Waals surface area contributed by atoms with Crippen molar-refractivity contribution in [3.63, 3.8) is 0 Å². The van der Waals surface area contributed by atoms with Gasteiger partial charge in [-0.3, -0.25) is 14.4 Å². The zero-order valence-electron chi connectivity index (χ0n) is 36.5. The van der Waals surface area contributed by atoms with Gasteiger partial charge in [-0.25, -0.2) is 0 Å². The monoisotopic (exact) mass is 810 g/mol. The van der Waals surface area contributed by atoms with Crippen molar-refractivity contribution in [1.82, 2.24) is 0 Å². The van der Waals surface area contributed by atoms with Crippen LogP contribution >= 0.6 is 0 Å². The predicted octanol–water partition coefficient (Wildman–Crippen LogP) is 10.8. The highest BCUT2D eigenvalue weighted by molar-refractivity contribution is 6.02. The van der Waals surface area contributed by atoms with Gasteiger partial charge in [0.05, 0.1) is 25.4 Å². The Morgan fingerprint density at radius 1 is 0.780 bits per heavy atom. The molecule has 9 heteroatoms. The summed E-state index contributed by atoms with van der Waals surface area (Å²) in [5.74, 6) is 0.738. The lowest BCUT2D eigenvalue weighted by atomic mass is 9.42. The summed E-state index contributed by atoms with van der Waals surface area (Å²) < 4.78 is 23.9. The lowest BCUT2D eigenvalue weighted by molar-refractivity contribution is -0.178. The molecular weight excluding hydrogens is 745 g/mol. The Balaban J connectivity index is 0.895. The third kappa shape index (κ3) is 7.09. The number of Topliss-reactive ketones (excluding diaryl/α,β-unsaturated/α-hetero) is 1. The van der Waals surface area contributed by atoms with Crippen LogP contribution in [0.2, 0.25) is 0 Å². The smallest absolute Gasteiger partial charge is 0.311 e. The van der Waals surface area contributed by atoms with Crippen molar-refractivity contribution in [2.24, 2.45) is 50.7 Å². The van der Waals surface area contributed by atoms with Crippen molar-refractivity contribution in [3.05, 3.63) is 59.2 Å². The molecule has 4 saturated carbocycles. The fourth-order valence-corrected chi connectivity index (χ4v) is 14.5. The van der Waals surface area contributed by atoms with E-state index in [0.717, 1.165) is 25.7 Å². The van der Waals surface area contributed by atoms with Crippen LogP contribution in [-0.4, -0.2) is 47.3 Å². The first-order chi connectivity index (χ1) is 27.8. The van der Waals surface area contributed by atoms with E-state index in [-0.39, 0.29) is 76.0 Å². The fourth-order valence-electron chi connectivity index (χ4n) is 14.5. The number of fused-ring (bicyclic) bond motifs is 7. The van der Waals surface area contributed by atoms with Gasteiger partial charge in [-0.15, -0.1) is 0 Å². The number of hydrogen-bond donors (Lipinski definition) is 2. The van der Waals surface area contributed by atoms with Crippen LogP contribution in [0.3, 0.4) is 0 Å². The number of ether oxygens (including phenoxy) is 4. The minimum absolute atomic E-state index is 0.0114. The topological polar surface area (TPSA) is 129 Å². The Hall–Kier alpha value is -3.85. The van der Waals surface area contributed by atoms with Crippen LogP contribution in [0.15, 0.2) is 48.0 Å². The molecular formula is C50H66O9. The number of phenolic OH excluding ortho intramolecular Hbond substituents is 2. The number of rotatable bonds is 7. The lowest BCUT2D eigenvalue weighted by Gasteiger charge is -2.64. The Kier molecular flexibility index (Phi) is 10.6. The van der Waals surface area contributed by atoms with Gasteiger partial charge in [0.1, 0.15) is 40.8 Å². The van der Waals surface area contributed by atoms with E-state index in [4.69, 9.17) is 18.9 Å². The van der Waals surface area contributed by atoms with E-state index in [1.807, 2.05) is 7.11 Å². The quantitative estimate of drug-likeness (QED) is 0.159. The van der Waals surface area contributed by atoms with Crippen LogP contribution in [-0.2, 0) is 19.1 Å². The number of phenols is 2. The molecule has 2 N–H and O–H groups in total. The number of carbonyl (C=O) groups is 3. The van der Waals surface area contributed by atoms with Crippen molar-refractivity contribution in [1.29, 1.82) is 0 Å². The molecule has 59 heavy (non-hydrogen) atoms. The molecule has 0 saturated heterocycles. The zero-order valence-corrected chi connectivity index (χ0v) is 36.5. The van der Waals surface area contributed by atoms with Gasteiger partial charge in [-0.2, -0.15) is 0 Å². The number of benzene rings is 2. The van der Waals surface area contributed by atoms with Crippen LogP contribution in [0, 0.1) is 50.7 Å². The largest absolute Gasteiger partial charge is 0.508 e. The molecule has 0 amide bonds. The van der Waals surface area contributed by atoms with E-state index < -0.39 is 18.0 Å². The number of aromatic hydroxyl groups is 2. The number of hydrogen-bond acceptors (Lipinski definition) is 9. The molecule has 2 aromatic rings. The van der Waals surface area contributed by atoms with Crippen molar-refractivity contribution in [2.45, 2.75) is 150 Å². The van der Waals surface area contributed by atoms with Gasteiger partial charge in [-0.1, -0.05) is 72.2 Å². The Morgan fingerprint density at radius 3 is 2.19 bits per heavy atom. The van der Waals surface area contributed by atoms with Crippen LogP contribution in [0.25, 0.3) is 0 Å². The minimum atomic E-state index is -0.656. The Labute approximate surface area is 350 Å². The maximum Gasteiger partial charge on any atom is 0.311 e. The summed E-state index contributed by atoms with van der Waals surface area (Å²) in [4.78, 5) is 39.3. The number of ketones is 1. The molecule has 5 aliphatic carbocycles. The molecule has 4 fully saturated rings. The summed E-state index contributed by atoms with van der Waals surface area (Å²) in [5.41, 5.74) is 3.07. The SMILES string of the molecule is CO[C@H]1CC[C@@]2(C)[C@@H](CC[C@@]3(C)CC4=CC[C@H]5C(C)(C)[C@H](OC(=O)CCC(=O)Oc6cc(O)c7c(c6)O[C@H](c6ccc(O)cc6)CC7=O)CC[C@]5(C)[C@H]4CC[C@@H]32)C1(C)C. The van der Waals surface area contributed by atoms with E-state index in [9.17, 15) is 24.6 Å². The van der Waals surface area contributed by atoms with Gasteiger partial charge in [-0.05, 0) is 127 Å². The van der Waals surface area contributed by atoms with Crippen LogP contribution in [0.5, 0.6) is 23.0 Å². The van der Waals surface area contributed by atoms with E-state index in [1.54, 1.807) is 17.7 Å². The maximum absolute atomic E-state index is 13.4. The normalized spacial score (nSPS) is 36.8. The number of allylic oxidation sites excluding steroid dienone is 2. The van der Waals surface area contributed by atoms with E-state index in [0.29, 0.717) is 46.2 Å². The van der Waals surface area contributed by atoms with Gasteiger partial charge in [0.15, 0.2) is 5.78 Å². The summed E-state index contributed by atoms with van der Waals surface area (Å²) in [6.45, 7) is 17.3. The average molecular weight is 811 g/mol. The molecule has 0 aromatic heterocycles. The maximum atomic E-state index is 13.4. The third-order valence-electron chi connectivity index (χ3n) is 17.4. The highest BCUT2D eigenvalue weighted by Gasteiger charge is 2.63. The minimum Gasteiger partial charge on any atom is -0.508 e. The molecule has 320 valence electrons. The highest BCUT2D eigenvalue weighted by atomic mass is 16.6.